The molecular formula is C15H23N3O. The summed E-state index contributed by atoms with van der Waals surface area (Å²) in [6.45, 7) is 6.08. The summed E-state index contributed by atoms with van der Waals surface area (Å²) in [4.78, 5) is 16.3. The third kappa shape index (κ3) is 2.67. The lowest BCUT2D eigenvalue weighted by atomic mass is 10.0. The van der Waals surface area contributed by atoms with Crippen molar-refractivity contribution in [3.8, 4) is 0 Å². The largest absolute Gasteiger partial charge is 0.397 e. The maximum Gasteiger partial charge on any atom is 0.253 e. The SMILES string of the molecule is CC1CN(C(=O)c2ccc(N(C)C)c(N)c2)CC1C. The van der Waals surface area contributed by atoms with E-state index in [1.54, 1.807) is 6.07 Å². The first-order valence-electron chi connectivity index (χ1n) is 6.76. The van der Waals surface area contributed by atoms with Gasteiger partial charge in [0.05, 0.1) is 11.4 Å². The van der Waals surface area contributed by atoms with Crippen molar-refractivity contribution >= 4 is 17.3 Å². The van der Waals surface area contributed by atoms with Crippen LogP contribution in [0, 0.1) is 11.8 Å². The highest BCUT2D eigenvalue weighted by Gasteiger charge is 2.29. The number of nitrogens with two attached hydrogens (primary N) is 1. The number of carbonyl (C=O) groups excluding carboxylic acids is 1. The van der Waals surface area contributed by atoms with E-state index in [1.165, 1.54) is 0 Å². The van der Waals surface area contributed by atoms with Crippen LogP contribution in [0.1, 0.15) is 24.2 Å². The number of hydrogen-bond acceptors (Lipinski definition) is 3. The van der Waals surface area contributed by atoms with Crippen molar-refractivity contribution in [2.24, 2.45) is 11.8 Å². The number of nitrogens with zero attached hydrogens (tertiary/aromatic N) is 2. The molecule has 0 aliphatic carbocycles. The lowest BCUT2D eigenvalue weighted by molar-refractivity contribution is 0.0785. The Balaban J connectivity index is 2.19. The van der Waals surface area contributed by atoms with Crippen molar-refractivity contribution in [1.82, 2.24) is 4.90 Å². The van der Waals surface area contributed by atoms with E-state index in [2.05, 4.69) is 13.8 Å². The normalized spacial score (nSPS) is 22.6. The van der Waals surface area contributed by atoms with Crippen LogP contribution < -0.4 is 10.6 Å². The third-order valence-electron chi connectivity index (χ3n) is 4.03. The van der Waals surface area contributed by atoms with E-state index in [9.17, 15) is 4.79 Å². The Hall–Kier alpha value is -1.71. The first-order chi connectivity index (χ1) is 8.90. The van der Waals surface area contributed by atoms with Gasteiger partial charge in [0.25, 0.3) is 5.91 Å². The van der Waals surface area contributed by atoms with Gasteiger partial charge in [-0.1, -0.05) is 13.8 Å². The Bertz CT molecular complexity index is 474. The van der Waals surface area contributed by atoms with E-state index < -0.39 is 0 Å². The first kappa shape index (κ1) is 13.7. The number of amides is 1. The van der Waals surface area contributed by atoms with Gasteiger partial charge in [-0.05, 0) is 30.0 Å². The lowest BCUT2D eigenvalue weighted by Gasteiger charge is -2.19. The molecule has 0 saturated carbocycles. The van der Waals surface area contributed by atoms with Crippen molar-refractivity contribution in [3.05, 3.63) is 23.8 Å². The molecule has 4 nitrogen and oxygen atoms in total. The van der Waals surface area contributed by atoms with Crippen molar-refractivity contribution in [1.29, 1.82) is 0 Å². The van der Waals surface area contributed by atoms with Gasteiger partial charge in [-0.2, -0.15) is 0 Å². The molecule has 2 N–H and O–H groups in total. The van der Waals surface area contributed by atoms with Crippen LogP contribution in [-0.2, 0) is 0 Å². The summed E-state index contributed by atoms with van der Waals surface area (Å²) in [6.07, 6.45) is 0. The molecular weight excluding hydrogens is 238 g/mol. The molecule has 1 aromatic carbocycles. The quantitative estimate of drug-likeness (QED) is 0.829. The monoisotopic (exact) mass is 261 g/mol. The third-order valence-corrected chi connectivity index (χ3v) is 4.03. The van der Waals surface area contributed by atoms with Crippen molar-refractivity contribution in [2.45, 2.75) is 13.8 Å². The predicted molar refractivity (Wildman–Crippen MR) is 79.4 cm³/mol. The fourth-order valence-electron chi connectivity index (χ4n) is 2.57. The summed E-state index contributed by atoms with van der Waals surface area (Å²) < 4.78 is 0. The summed E-state index contributed by atoms with van der Waals surface area (Å²) in [5.74, 6) is 1.23. The minimum absolute atomic E-state index is 0.0909. The number of rotatable bonds is 2. The standard InChI is InChI=1S/C15H23N3O/c1-10-8-18(9-11(10)2)15(19)12-5-6-14(17(3)4)13(16)7-12/h5-7,10-11H,8-9,16H2,1-4H3. The second-order valence-corrected chi connectivity index (χ2v) is 5.83. The van der Waals surface area contributed by atoms with Gasteiger partial charge in [-0.25, -0.2) is 0 Å². The van der Waals surface area contributed by atoms with Gasteiger partial charge in [0.15, 0.2) is 0 Å². The van der Waals surface area contributed by atoms with Crippen LogP contribution in [0.15, 0.2) is 18.2 Å². The molecule has 1 fully saturated rings. The number of anilines is 2. The number of nitrogen functional groups attached to an aromatic ring is 1. The van der Waals surface area contributed by atoms with Gasteiger partial charge in [-0.15, -0.1) is 0 Å². The molecule has 1 aliphatic heterocycles. The molecule has 0 radical (unpaired) electrons. The Morgan fingerprint density at radius 2 is 1.84 bits per heavy atom. The first-order valence-corrected chi connectivity index (χ1v) is 6.76. The maximum atomic E-state index is 12.4. The van der Waals surface area contributed by atoms with Crippen LogP contribution in [0.4, 0.5) is 11.4 Å². The molecule has 0 aromatic heterocycles. The number of hydrogen-bond donors (Lipinski definition) is 1. The number of carbonyl (C=O) groups is 1. The smallest absolute Gasteiger partial charge is 0.253 e. The van der Waals surface area contributed by atoms with Gasteiger partial charge in [0.1, 0.15) is 0 Å². The van der Waals surface area contributed by atoms with E-state index in [0.717, 1.165) is 18.8 Å². The molecule has 1 amide bonds. The van der Waals surface area contributed by atoms with Crippen LogP contribution in [0.5, 0.6) is 0 Å². The number of likely N-dealkylation sites (tertiary alicyclic amines) is 1. The van der Waals surface area contributed by atoms with Crippen LogP contribution in [0.25, 0.3) is 0 Å². The fourth-order valence-corrected chi connectivity index (χ4v) is 2.57. The van der Waals surface area contributed by atoms with E-state index in [1.807, 2.05) is 36.0 Å². The van der Waals surface area contributed by atoms with Crippen LogP contribution in [0.3, 0.4) is 0 Å². The molecule has 0 bridgehead atoms. The van der Waals surface area contributed by atoms with Gasteiger partial charge >= 0.3 is 0 Å². The van der Waals surface area contributed by atoms with E-state index in [-0.39, 0.29) is 5.91 Å². The molecule has 2 unspecified atom stereocenters. The summed E-state index contributed by atoms with van der Waals surface area (Å²) >= 11 is 0. The Morgan fingerprint density at radius 3 is 2.32 bits per heavy atom. The lowest BCUT2D eigenvalue weighted by Crippen LogP contribution is -2.29. The molecule has 1 saturated heterocycles. The minimum Gasteiger partial charge on any atom is -0.397 e. The fraction of sp³-hybridized carbons (Fsp3) is 0.533. The zero-order valence-electron chi connectivity index (χ0n) is 12.2. The zero-order valence-corrected chi connectivity index (χ0v) is 12.2. The Kier molecular flexibility index (Phi) is 3.69. The van der Waals surface area contributed by atoms with Gasteiger partial charge < -0.3 is 15.5 Å². The second kappa shape index (κ2) is 5.11. The van der Waals surface area contributed by atoms with Gasteiger partial charge in [0.2, 0.25) is 0 Å². The highest BCUT2D eigenvalue weighted by molar-refractivity contribution is 5.96. The zero-order chi connectivity index (χ0) is 14.2. The Labute approximate surface area is 115 Å². The summed E-state index contributed by atoms with van der Waals surface area (Å²) in [7, 11) is 3.88. The summed E-state index contributed by atoms with van der Waals surface area (Å²) in [5, 5.41) is 0. The second-order valence-electron chi connectivity index (χ2n) is 5.83. The van der Waals surface area contributed by atoms with E-state index in [4.69, 9.17) is 5.73 Å². The van der Waals surface area contributed by atoms with Crippen molar-refractivity contribution in [3.63, 3.8) is 0 Å². The molecule has 1 heterocycles. The summed E-state index contributed by atoms with van der Waals surface area (Å²) in [5.41, 5.74) is 8.28. The molecule has 104 valence electrons. The van der Waals surface area contributed by atoms with E-state index >= 15 is 0 Å². The molecule has 19 heavy (non-hydrogen) atoms. The van der Waals surface area contributed by atoms with Gasteiger partial charge in [0, 0.05) is 32.7 Å². The molecule has 2 rings (SSSR count). The molecule has 2 atom stereocenters. The number of benzene rings is 1. The minimum atomic E-state index is 0.0909. The molecule has 4 heteroatoms. The highest BCUT2D eigenvalue weighted by atomic mass is 16.2. The predicted octanol–water partition coefficient (Wildman–Crippen LogP) is 2.06. The summed E-state index contributed by atoms with van der Waals surface area (Å²) in [6, 6.07) is 5.55. The molecule has 1 aliphatic rings. The molecule has 0 spiro atoms. The molecule has 1 aromatic rings. The average molecular weight is 261 g/mol. The van der Waals surface area contributed by atoms with Crippen LogP contribution in [0.2, 0.25) is 0 Å². The van der Waals surface area contributed by atoms with Crippen LogP contribution in [-0.4, -0.2) is 38.0 Å². The maximum absolute atomic E-state index is 12.4. The van der Waals surface area contributed by atoms with Crippen molar-refractivity contribution in [2.75, 3.05) is 37.8 Å². The van der Waals surface area contributed by atoms with Crippen LogP contribution >= 0.6 is 0 Å². The van der Waals surface area contributed by atoms with E-state index in [0.29, 0.717) is 23.1 Å². The van der Waals surface area contributed by atoms with Gasteiger partial charge in [-0.3, -0.25) is 4.79 Å². The van der Waals surface area contributed by atoms with Crippen molar-refractivity contribution < 1.29 is 4.79 Å². The highest BCUT2D eigenvalue weighted by Crippen LogP contribution is 2.26. The Morgan fingerprint density at radius 1 is 1.26 bits per heavy atom. The topological polar surface area (TPSA) is 49.6 Å². The average Bonchev–Trinajstić information content (AvgIpc) is 2.68.